The number of hydrogen-bond acceptors (Lipinski definition) is 8. The molecule has 332 valence electrons. The van der Waals surface area contributed by atoms with Crippen LogP contribution in [0.4, 0.5) is 0 Å². The summed E-state index contributed by atoms with van der Waals surface area (Å²) in [5.41, 5.74) is -0.470. The molecule has 0 aliphatic rings. The average molecular weight is 854 g/mol. The quantitative estimate of drug-likeness (QED) is 0.0147. The van der Waals surface area contributed by atoms with Gasteiger partial charge in [-0.1, -0.05) is 120 Å². The van der Waals surface area contributed by atoms with E-state index in [9.17, 15) is 19.2 Å². The zero-order chi connectivity index (χ0) is 42.9. The van der Waals surface area contributed by atoms with Crippen LogP contribution in [0.15, 0.2) is 70.3 Å². The summed E-state index contributed by atoms with van der Waals surface area (Å²) in [7, 11) is 0. The van der Waals surface area contributed by atoms with Gasteiger partial charge in [0, 0.05) is 56.9 Å². The first-order valence-corrected chi connectivity index (χ1v) is 24.6. The number of esters is 2. The van der Waals surface area contributed by atoms with Crippen LogP contribution < -0.4 is 11.1 Å². The fraction of sp³-hybridized carbons (Fsp3) is 0.577. The summed E-state index contributed by atoms with van der Waals surface area (Å²) in [5.74, 6) is -0.213. The van der Waals surface area contributed by atoms with E-state index in [0.717, 1.165) is 110 Å². The smallest absolute Gasteiger partial charge is 0.305 e. The second-order valence-electron chi connectivity index (χ2n) is 16.9. The van der Waals surface area contributed by atoms with Crippen LogP contribution in [0.5, 0.6) is 0 Å². The fourth-order valence-electron chi connectivity index (χ4n) is 8.49. The molecular formula is C52H71NO7S. The molecule has 0 unspecified atom stereocenters. The van der Waals surface area contributed by atoms with Crippen LogP contribution in [0.3, 0.4) is 0 Å². The molecular weight excluding hydrogens is 783 g/mol. The van der Waals surface area contributed by atoms with Gasteiger partial charge in [-0.3, -0.25) is 23.7 Å². The standard InChI is InChI=1S/C52H71NO7S/c54-38-26-18-14-10-6-3-1-2-4-8-12-16-21-31-47(55)59-39-27-19-15-11-7-5-9-13-17-22-32-48(56)60-40-28-20-25-37-53-51(57)43-34-33-42-41-29-23-24-30-45(41)61-46-36-35-44(52(53)58)49(43)50(42)46/h7,11,23-24,29-30,33-36,54H,1-6,8-10,12-22,25-28,31-32,37-40H2/b11-7+. The van der Waals surface area contributed by atoms with Crippen molar-refractivity contribution >= 4 is 65.0 Å². The molecule has 0 atom stereocenters. The van der Waals surface area contributed by atoms with Crippen molar-refractivity contribution in [2.75, 3.05) is 19.8 Å². The first-order valence-electron chi connectivity index (χ1n) is 23.8. The topological polar surface area (TPSA) is 112 Å². The molecule has 0 radical (unpaired) electrons. The molecule has 2 heterocycles. The maximum absolute atomic E-state index is 13.6. The van der Waals surface area contributed by atoms with Crippen LogP contribution in [0.2, 0.25) is 0 Å². The number of benzene rings is 3. The lowest BCUT2D eigenvalue weighted by Crippen LogP contribution is -2.33. The van der Waals surface area contributed by atoms with Crippen molar-refractivity contribution in [3.05, 3.63) is 81.4 Å². The number of hydrogen-bond donors (Lipinski definition) is 1. The van der Waals surface area contributed by atoms with Crippen LogP contribution in [0.1, 0.15) is 167 Å². The van der Waals surface area contributed by atoms with Crippen LogP contribution in [-0.4, -0.2) is 41.4 Å². The average Bonchev–Trinajstić information content (AvgIpc) is 3.27. The molecule has 0 aliphatic heterocycles. The highest BCUT2D eigenvalue weighted by Crippen LogP contribution is 2.39. The summed E-state index contributed by atoms with van der Waals surface area (Å²) in [6.07, 6.45) is 31.4. The van der Waals surface area contributed by atoms with Crippen LogP contribution in [-0.2, 0) is 25.6 Å². The summed E-state index contributed by atoms with van der Waals surface area (Å²) in [4.78, 5) is 51.4. The summed E-state index contributed by atoms with van der Waals surface area (Å²) < 4.78 is 14.5. The Bertz CT molecular complexity index is 2170. The van der Waals surface area contributed by atoms with Gasteiger partial charge in [0.15, 0.2) is 0 Å². The number of carbonyl (C=O) groups excluding carboxylic acids is 2. The van der Waals surface area contributed by atoms with Crippen molar-refractivity contribution < 1.29 is 24.2 Å². The van der Waals surface area contributed by atoms with Gasteiger partial charge in [-0.2, -0.15) is 0 Å². The Labute approximate surface area is 367 Å². The second kappa shape index (κ2) is 27.8. The maximum atomic E-state index is 13.6. The molecule has 0 amide bonds. The largest absolute Gasteiger partial charge is 0.466 e. The minimum absolute atomic E-state index is 0.0549. The monoisotopic (exact) mass is 853 g/mol. The molecule has 5 rings (SSSR count). The molecule has 2 aromatic heterocycles. The van der Waals surface area contributed by atoms with E-state index in [1.54, 1.807) is 11.3 Å². The van der Waals surface area contributed by atoms with Gasteiger partial charge in [0.1, 0.15) is 0 Å². The number of aromatic nitrogens is 1. The molecule has 0 aliphatic carbocycles. The van der Waals surface area contributed by atoms with Crippen LogP contribution >= 0.6 is 11.3 Å². The first-order chi connectivity index (χ1) is 30.0. The molecule has 0 bridgehead atoms. The van der Waals surface area contributed by atoms with Crippen LogP contribution in [0.25, 0.3) is 41.7 Å². The number of aliphatic hydroxyl groups excluding tert-OH is 1. The molecule has 0 saturated heterocycles. The van der Waals surface area contributed by atoms with Crippen molar-refractivity contribution in [2.45, 2.75) is 173 Å². The van der Waals surface area contributed by atoms with E-state index in [-0.39, 0.29) is 23.1 Å². The van der Waals surface area contributed by atoms with E-state index in [1.165, 1.54) is 67.1 Å². The molecule has 5 aromatic rings. The predicted octanol–water partition coefficient (Wildman–Crippen LogP) is 13.1. The van der Waals surface area contributed by atoms with Gasteiger partial charge in [-0.05, 0) is 106 Å². The van der Waals surface area contributed by atoms with Gasteiger partial charge in [-0.15, -0.1) is 11.3 Å². The summed E-state index contributed by atoms with van der Waals surface area (Å²) in [6.45, 7) is 1.55. The van der Waals surface area contributed by atoms with Gasteiger partial charge >= 0.3 is 11.9 Å². The lowest BCUT2D eigenvalue weighted by atomic mass is 9.97. The Balaban J connectivity index is 0.807. The molecule has 0 saturated carbocycles. The highest BCUT2D eigenvalue weighted by atomic mass is 32.1. The first kappa shape index (κ1) is 48.0. The number of rotatable bonds is 33. The number of ether oxygens (including phenoxy) is 2. The fourth-order valence-corrected chi connectivity index (χ4v) is 9.61. The van der Waals surface area contributed by atoms with Crippen molar-refractivity contribution in [1.29, 1.82) is 0 Å². The summed E-state index contributed by atoms with van der Waals surface area (Å²) in [6, 6.07) is 16.0. The minimum atomic E-state index is -0.235. The van der Waals surface area contributed by atoms with Gasteiger partial charge < -0.3 is 14.6 Å². The van der Waals surface area contributed by atoms with Gasteiger partial charge in [0.25, 0.3) is 11.1 Å². The Morgan fingerprint density at radius 2 is 0.967 bits per heavy atom. The number of fused-ring (bicyclic) bond motifs is 2. The van der Waals surface area contributed by atoms with Crippen molar-refractivity contribution in [3.8, 4) is 0 Å². The Kier molecular flexibility index (Phi) is 21.8. The number of carbonyl (C=O) groups is 2. The predicted molar refractivity (Wildman–Crippen MR) is 254 cm³/mol. The minimum Gasteiger partial charge on any atom is -0.466 e. The summed E-state index contributed by atoms with van der Waals surface area (Å²) >= 11 is 1.68. The molecule has 3 aromatic carbocycles. The third-order valence-electron chi connectivity index (χ3n) is 12.0. The zero-order valence-electron chi connectivity index (χ0n) is 36.7. The van der Waals surface area contributed by atoms with E-state index < -0.39 is 0 Å². The second-order valence-corrected chi connectivity index (χ2v) is 18.0. The lowest BCUT2D eigenvalue weighted by Gasteiger charge is -2.14. The third kappa shape index (κ3) is 15.7. The number of nitrogens with zero attached hydrogens (tertiary/aromatic N) is 1. The van der Waals surface area contributed by atoms with Crippen molar-refractivity contribution in [2.24, 2.45) is 0 Å². The van der Waals surface area contributed by atoms with E-state index in [2.05, 4.69) is 24.3 Å². The normalized spacial score (nSPS) is 11.9. The number of aliphatic hydroxyl groups is 1. The van der Waals surface area contributed by atoms with E-state index in [0.29, 0.717) is 62.8 Å². The summed E-state index contributed by atoms with van der Waals surface area (Å²) in [5, 5.41) is 14.0. The maximum Gasteiger partial charge on any atom is 0.305 e. The highest BCUT2D eigenvalue weighted by molar-refractivity contribution is 7.25. The van der Waals surface area contributed by atoms with Crippen LogP contribution in [0, 0.1) is 0 Å². The molecule has 0 spiro atoms. The Hall–Kier alpha value is -4.08. The van der Waals surface area contributed by atoms with Gasteiger partial charge in [-0.25, -0.2) is 0 Å². The zero-order valence-corrected chi connectivity index (χ0v) is 37.6. The Morgan fingerprint density at radius 1 is 0.492 bits per heavy atom. The van der Waals surface area contributed by atoms with E-state index >= 15 is 0 Å². The van der Waals surface area contributed by atoms with Crippen molar-refractivity contribution in [1.82, 2.24) is 4.57 Å². The van der Waals surface area contributed by atoms with E-state index in [1.807, 2.05) is 36.4 Å². The number of unbranched alkanes of at least 4 members (excludes halogenated alkanes) is 20. The molecule has 1 N–H and O–H groups in total. The molecule has 0 fully saturated rings. The van der Waals surface area contributed by atoms with E-state index in [4.69, 9.17) is 14.6 Å². The molecule has 9 heteroatoms. The number of allylic oxidation sites excluding steroid dienone is 2. The van der Waals surface area contributed by atoms with Crippen molar-refractivity contribution in [3.63, 3.8) is 0 Å². The number of pyridine rings is 1. The molecule has 8 nitrogen and oxygen atoms in total. The SMILES string of the molecule is O=C(CCCCCCCCCCCCCCCO)OCCCC/C=C/CCCCCCC(=O)OCCCCCn1c(=O)c2ccc3sc4ccccc4c4ccc(c1=O)c2c34. The molecule has 61 heavy (non-hydrogen) atoms. The lowest BCUT2D eigenvalue weighted by molar-refractivity contribution is -0.144. The Morgan fingerprint density at radius 3 is 1.57 bits per heavy atom. The van der Waals surface area contributed by atoms with Gasteiger partial charge in [0.05, 0.1) is 13.2 Å². The van der Waals surface area contributed by atoms with Gasteiger partial charge in [0.2, 0.25) is 0 Å². The third-order valence-corrected chi connectivity index (χ3v) is 13.1. The highest BCUT2D eigenvalue weighted by Gasteiger charge is 2.18.